The molecule has 2 N–H and O–H groups in total. The van der Waals surface area contributed by atoms with Crippen molar-refractivity contribution in [1.29, 1.82) is 0 Å². The number of rotatable bonds is 4. The third-order valence-corrected chi connectivity index (χ3v) is 5.03. The highest BCUT2D eigenvalue weighted by Gasteiger charge is 2.20. The van der Waals surface area contributed by atoms with Gasteiger partial charge in [0.15, 0.2) is 5.13 Å². The minimum Gasteiger partial charge on any atom is -0.399 e. The fraction of sp³-hybridized carbons (Fsp3) is 0.412. The van der Waals surface area contributed by atoms with Crippen molar-refractivity contribution >= 4 is 52.9 Å². The number of thiazole rings is 1. The summed E-state index contributed by atoms with van der Waals surface area (Å²) in [6.45, 7) is 3.41. The van der Waals surface area contributed by atoms with Crippen molar-refractivity contribution in [2.45, 2.75) is 19.3 Å². The molecule has 5 nitrogen and oxygen atoms in total. The standard InChI is InChI=1S/C17H22N4OS.2ClH/c18-15-5-2-1-4-14(15)6-7-16(22)20-9-3-10-21(12-11-20)17-19-8-13-23-17;;/h1-2,4-5,8,13H,3,6-7,9-12,18H2;2*1H. The highest BCUT2D eigenvalue weighted by atomic mass is 35.5. The van der Waals surface area contributed by atoms with Crippen LogP contribution >= 0.6 is 36.2 Å². The predicted molar refractivity (Wildman–Crippen MR) is 109 cm³/mol. The number of carbonyl (C=O) groups excluding carboxylic acids is 1. The van der Waals surface area contributed by atoms with Crippen LogP contribution in [0.25, 0.3) is 0 Å². The van der Waals surface area contributed by atoms with Crippen LogP contribution in [0.4, 0.5) is 10.8 Å². The number of halogens is 2. The Kier molecular flexibility index (Phi) is 9.03. The summed E-state index contributed by atoms with van der Waals surface area (Å²) in [6.07, 6.45) is 4.04. The van der Waals surface area contributed by atoms with Gasteiger partial charge in [-0.05, 0) is 24.5 Å². The number of nitrogen functional groups attached to an aromatic ring is 1. The molecule has 2 aromatic rings. The van der Waals surface area contributed by atoms with Crippen LogP contribution in [0.15, 0.2) is 35.8 Å². The Morgan fingerprint density at radius 2 is 1.96 bits per heavy atom. The summed E-state index contributed by atoms with van der Waals surface area (Å²) in [7, 11) is 0. The summed E-state index contributed by atoms with van der Waals surface area (Å²) in [4.78, 5) is 21.1. The van der Waals surface area contributed by atoms with Gasteiger partial charge in [-0.15, -0.1) is 36.2 Å². The maximum Gasteiger partial charge on any atom is 0.222 e. The van der Waals surface area contributed by atoms with Crippen LogP contribution in [0.2, 0.25) is 0 Å². The van der Waals surface area contributed by atoms with E-state index in [4.69, 9.17) is 5.73 Å². The number of aromatic nitrogens is 1. The molecular weight excluding hydrogens is 379 g/mol. The Balaban J connectivity index is 0.00000156. The number of hydrogen-bond acceptors (Lipinski definition) is 5. The number of nitrogens with zero attached hydrogens (tertiary/aromatic N) is 3. The summed E-state index contributed by atoms with van der Waals surface area (Å²) < 4.78 is 0. The molecule has 8 heteroatoms. The first-order valence-corrected chi connectivity index (χ1v) is 8.87. The van der Waals surface area contributed by atoms with Crippen LogP contribution in [0, 0.1) is 0 Å². The SMILES string of the molecule is Cl.Cl.Nc1ccccc1CCC(=O)N1CCCN(c2nccs2)CC1. The molecular formula is C17H24Cl2N4OS. The first-order valence-electron chi connectivity index (χ1n) is 7.99. The van der Waals surface area contributed by atoms with Gasteiger partial charge in [-0.1, -0.05) is 18.2 Å². The van der Waals surface area contributed by atoms with Crippen molar-refractivity contribution < 1.29 is 4.79 Å². The van der Waals surface area contributed by atoms with E-state index >= 15 is 0 Å². The number of carbonyl (C=O) groups is 1. The minimum atomic E-state index is 0. The van der Waals surface area contributed by atoms with Crippen molar-refractivity contribution in [3.05, 3.63) is 41.4 Å². The molecule has 1 fully saturated rings. The summed E-state index contributed by atoms with van der Waals surface area (Å²) in [5, 5.41) is 3.05. The van der Waals surface area contributed by atoms with Crippen molar-refractivity contribution in [3.63, 3.8) is 0 Å². The van der Waals surface area contributed by atoms with Gasteiger partial charge < -0.3 is 15.5 Å². The number of amides is 1. The molecule has 0 atom stereocenters. The van der Waals surface area contributed by atoms with Crippen molar-refractivity contribution in [1.82, 2.24) is 9.88 Å². The summed E-state index contributed by atoms with van der Waals surface area (Å²) in [5.74, 6) is 0.217. The smallest absolute Gasteiger partial charge is 0.222 e. The van der Waals surface area contributed by atoms with E-state index in [-0.39, 0.29) is 30.7 Å². The molecule has 0 saturated carbocycles. The highest BCUT2D eigenvalue weighted by Crippen LogP contribution is 2.19. The molecule has 0 unspecified atom stereocenters. The number of anilines is 2. The average molecular weight is 403 g/mol. The Hall–Kier alpha value is -1.50. The maximum absolute atomic E-state index is 12.5. The van der Waals surface area contributed by atoms with Gasteiger partial charge in [0, 0.05) is 49.9 Å². The molecule has 1 aliphatic rings. The molecule has 0 radical (unpaired) electrons. The lowest BCUT2D eigenvalue weighted by molar-refractivity contribution is -0.130. The zero-order valence-corrected chi connectivity index (χ0v) is 16.4. The van der Waals surface area contributed by atoms with Crippen LogP contribution in [0.1, 0.15) is 18.4 Å². The molecule has 1 aromatic carbocycles. The van der Waals surface area contributed by atoms with Crippen LogP contribution in [0.5, 0.6) is 0 Å². The predicted octanol–water partition coefficient (Wildman–Crippen LogP) is 3.24. The number of para-hydroxylation sites is 1. The van der Waals surface area contributed by atoms with Gasteiger partial charge in [0.05, 0.1) is 0 Å². The second-order valence-corrected chi connectivity index (χ2v) is 6.61. The molecule has 2 heterocycles. The lowest BCUT2D eigenvalue weighted by Crippen LogP contribution is -2.35. The van der Waals surface area contributed by atoms with E-state index in [2.05, 4.69) is 9.88 Å². The molecule has 3 rings (SSSR count). The van der Waals surface area contributed by atoms with Crippen molar-refractivity contribution in [2.75, 3.05) is 36.8 Å². The average Bonchev–Trinajstić information content (AvgIpc) is 2.98. The summed E-state index contributed by atoms with van der Waals surface area (Å²) >= 11 is 1.65. The zero-order chi connectivity index (χ0) is 16.1. The second-order valence-electron chi connectivity index (χ2n) is 5.73. The normalized spacial score (nSPS) is 14.2. The van der Waals surface area contributed by atoms with E-state index in [9.17, 15) is 4.79 Å². The van der Waals surface area contributed by atoms with Crippen LogP contribution in [0.3, 0.4) is 0 Å². The zero-order valence-electron chi connectivity index (χ0n) is 14.0. The second kappa shape index (κ2) is 10.5. The van der Waals surface area contributed by atoms with Gasteiger partial charge in [-0.25, -0.2) is 4.98 Å². The molecule has 1 aromatic heterocycles. The topological polar surface area (TPSA) is 62.5 Å². The first kappa shape index (κ1) is 21.5. The Morgan fingerprint density at radius 3 is 2.68 bits per heavy atom. The van der Waals surface area contributed by atoms with E-state index in [1.54, 1.807) is 11.3 Å². The van der Waals surface area contributed by atoms with Gasteiger partial charge >= 0.3 is 0 Å². The molecule has 1 amide bonds. The quantitative estimate of drug-likeness (QED) is 0.797. The lowest BCUT2D eigenvalue weighted by Gasteiger charge is -2.21. The van der Waals surface area contributed by atoms with Crippen LogP contribution < -0.4 is 10.6 Å². The molecule has 0 aliphatic carbocycles. The van der Waals surface area contributed by atoms with Crippen molar-refractivity contribution in [2.24, 2.45) is 0 Å². The number of benzene rings is 1. The lowest BCUT2D eigenvalue weighted by atomic mass is 10.1. The summed E-state index contributed by atoms with van der Waals surface area (Å²) in [5.41, 5.74) is 7.77. The molecule has 1 aliphatic heterocycles. The minimum absolute atomic E-state index is 0. The van der Waals surface area contributed by atoms with Crippen molar-refractivity contribution in [3.8, 4) is 0 Å². The van der Waals surface area contributed by atoms with E-state index < -0.39 is 0 Å². The number of nitrogens with two attached hydrogens (primary N) is 1. The molecule has 0 spiro atoms. The van der Waals surface area contributed by atoms with Crippen LogP contribution in [-0.4, -0.2) is 42.0 Å². The van der Waals surface area contributed by atoms with Gasteiger partial charge in [0.1, 0.15) is 0 Å². The van der Waals surface area contributed by atoms with E-state index in [1.165, 1.54) is 0 Å². The third-order valence-electron chi connectivity index (χ3n) is 4.20. The molecule has 0 bridgehead atoms. The van der Waals surface area contributed by atoms with E-state index in [0.29, 0.717) is 12.8 Å². The number of hydrogen-bond donors (Lipinski definition) is 1. The fourth-order valence-corrected chi connectivity index (χ4v) is 3.59. The van der Waals surface area contributed by atoms with Gasteiger partial charge in [-0.3, -0.25) is 4.79 Å². The van der Waals surface area contributed by atoms with E-state index in [0.717, 1.165) is 49.0 Å². The molecule has 1 saturated heterocycles. The summed E-state index contributed by atoms with van der Waals surface area (Å²) in [6, 6.07) is 7.77. The first-order chi connectivity index (χ1) is 11.2. The van der Waals surface area contributed by atoms with Gasteiger partial charge in [0.25, 0.3) is 0 Å². The fourth-order valence-electron chi connectivity index (χ4n) is 2.89. The Labute approximate surface area is 165 Å². The Morgan fingerprint density at radius 1 is 1.16 bits per heavy atom. The maximum atomic E-state index is 12.5. The largest absolute Gasteiger partial charge is 0.399 e. The molecule has 25 heavy (non-hydrogen) atoms. The Bertz CT molecular complexity index is 654. The van der Waals surface area contributed by atoms with Gasteiger partial charge in [0.2, 0.25) is 5.91 Å². The van der Waals surface area contributed by atoms with E-state index in [1.807, 2.05) is 40.7 Å². The highest BCUT2D eigenvalue weighted by molar-refractivity contribution is 7.13. The third kappa shape index (κ3) is 5.76. The van der Waals surface area contributed by atoms with Crippen LogP contribution in [-0.2, 0) is 11.2 Å². The monoisotopic (exact) mass is 402 g/mol. The molecule has 138 valence electrons. The van der Waals surface area contributed by atoms with Gasteiger partial charge in [-0.2, -0.15) is 0 Å². The number of aryl methyl sites for hydroxylation is 1.